The van der Waals surface area contributed by atoms with E-state index >= 15 is 0 Å². The average molecular weight is 317 g/mol. The fourth-order valence-electron chi connectivity index (χ4n) is 2.23. The highest BCUT2D eigenvalue weighted by Crippen LogP contribution is 2.30. The first-order chi connectivity index (χ1) is 10.3. The van der Waals surface area contributed by atoms with Crippen LogP contribution >= 0.6 is 22.7 Å². The zero-order valence-electron chi connectivity index (χ0n) is 11.4. The molecular formula is C15H15N3OS2. The first kappa shape index (κ1) is 14.3. The van der Waals surface area contributed by atoms with Crippen molar-refractivity contribution in [1.29, 1.82) is 0 Å². The Hall–Kier alpha value is -1.68. The van der Waals surface area contributed by atoms with Gasteiger partial charge in [0, 0.05) is 4.88 Å². The van der Waals surface area contributed by atoms with E-state index in [9.17, 15) is 4.79 Å². The first-order valence-electron chi connectivity index (χ1n) is 6.85. The molecule has 0 bridgehead atoms. The van der Waals surface area contributed by atoms with Crippen LogP contribution in [-0.2, 0) is 12.8 Å². The number of fused-ring (bicyclic) bond motifs is 1. The van der Waals surface area contributed by atoms with E-state index in [1.807, 2.05) is 6.07 Å². The monoisotopic (exact) mass is 317 g/mol. The summed E-state index contributed by atoms with van der Waals surface area (Å²) in [6, 6.07) is 3.63. The van der Waals surface area contributed by atoms with Gasteiger partial charge in [-0.25, -0.2) is 4.98 Å². The van der Waals surface area contributed by atoms with Crippen LogP contribution in [0.2, 0.25) is 0 Å². The van der Waals surface area contributed by atoms with Crippen molar-refractivity contribution in [3.05, 3.63) is 32.5 Å². The zero-order chi connectivity index (χ0) is 14.7. The molecule has 0 unspecified atom stereocenters. The van der Waals surface area contributed by atoms with Crippen LogP contribution in [0.4, 0.5) is 5.13 Å². The van der Waals surface area contributed by atoms with Crippen molar-refractivity contribution >= 4 is 33.7 Å². The number of nitrogens with one attached hydrogen (secondary N) is 1. The lowest BCUT2D eigenvalue weighted by Crippen LogP contribution is -2.09. The maximum absolute atomic E-state index is 12.2. The number of nitrogens with zero attached hydrogens (tertiary/aromatic N) is 1. The zero-order valence-corrected chi connectivity index (χ0v) is 13.1. The quantitative estimate of drug-likeness (QED) is 0.837. The largest absolute Gasteiger partial charge is 0.320 e. The van der Waals surface area contributed by atoms with Crippen LogP contribution in [0.3, 0.4) is 0 Å². The summed E-state index contributed by atoms with van der Waals surface area (Å²) in [4.78, 5) is 19.5. The third-order valence-corrected chi connectivity index (χ3v) is 5.28. The highest BCUT2D eigenvalue weighted by molar-refractivity contribution is 7.16. The topological polar surface area (TPSA) is 68.0 Å². The van der Waals surface area contributed by atoms with E-state index in [1.54, 1.807) is 17.4 Å². The molecule has 108 valence electrons. The Morgan fingerprint density at radius 2 is 2.19 bits per heavy atom. The van der Waals surface area contributed by atoms with Crippen molar-refractivity contribution in [2.45, 2.75) is 25.7 Å². The van der Waals surface area contributed by atoms with Gasteiger partial charge < -0.3 is 5.73 Å². The highest BCUT2D eigenvalue weighted by atomic mass is 32.1. The summed E-state index contributed by atoms with van der Waals surface area (Å²) in [5, 5.41) is 3.59. The summed E-state index contributed by atoms with van der Waals surface area (Å²) < 4.78 is 0. The molecule has 0 fully saturated rings. The van der Waals surface area contributed by atoms with E-state index in [2.05, 4.69) is 22.1 Å². The summed E-state index contributed by atoms with van der Waals surface area (Å²) in [7, 11) is 0. The molecule has 4 nitrogen and oxygen atoms in total. The van der Waals surface area contributed by atoms with E-state index in [0.717, 1.165) is 23.4 Å². The molecule has 0 saturated carbocycles. The van der Waals surface area contributed by atoms with Crippen molar-refractivity contribution in [3.63, 3.8) is 0 Å². The molecule has 0 radical (unpaired) electrons. The molecule has 2 aromatic heterocycles. The average Bonchev–Trinajstić information content (AvgIpc) is 3.11. The van der Waals surface area contributed by atoms with Crippen molar-refractivity contribution in [3.8, 4) is 11.8 Å². The van der Waals surface area contributed by atoms with E-state index in [0.29, 0.717) is 16.6 Å². The number of thiazole rings is 1. The maximum atomic E-state index is 12.2. The van der Waals surface area contributed by atoms with Crippen molar-refractivity contribution in [2.75, 3.05) is 11.9 Å². The van der Waals surface area contributed by atoms with E-state index in [4.69, 9.17) is 5.73 Å². The van der Waals surface area contributed by atoms with Crippen molar-refractivity contribution in [1.82, 2.24) is 4.98 Å². The highest BCUT2D eigenvalue weighted by Gasteiger charge is 2.17. The lowest BCUT2D eigenvalue weighted by Gasteiger charge is -2.06. The molecule has 0 aromatic carbocycles. The molecule has 2 aromatic rings. The lowest BCUT2D eigenvalue weighted by molar-refractivity contribution is 0.103. The number of nitrogens with two attached hydrogens (primary N) is 1. The number of carbonyl (C=O) groups is 1. The second kappa shape index (κ2) is 6.39. The number of hydrogen-bond acceptors (Lipinski definition) is 5. The summed E-state index contributed by atoms with van der Waals surface area (Å²) in [5.41, 5.74) is 6.49. The van der Waals surface area contributed by atoms with Gasteiger partial charge in [-0.1, -0.05) is 11.8 Å². The molecule has 1 aliphatic rings. The molecular weight excluding hydrogens is 302 g/mol. The summed E-state index contributed by atoms with van der Waals surface area (Å²) in [6.45, 7) is 0.324. The minimum Gasteiger partial charge on any atom is -0.320 e. The number of anilines is 1. The summed E-state index contributed by atoms with van der Waals surface area (Å²) in [6.07, 6.45) is 4.52. The minimum absolute atomic E-state index is 0.119. The minimum atomic E-state index is -0.119. The first-order valence-corrected chi connectivity index (χ1v) is 8.48. The van der Waals surface area contributed by atoms with Gasteiger partial charge in [0.15, 0.2) is 5.13 Å². The van der Waals surface area contributed by atoms with Gasteiger partial charge in [0.05, 0.1) is 22.0 Å². The number of carbonyl (C=O) groups excluding carboxylic acids is 1. The smallest absolute Gasteiger partial charge is 0.267 e. The Morgan fingerprint density at radius 1 is 1.33 bits per heavy atom. The molecule has 21 heavy (non-hydrogen) atoms. The molecule has 1 amide bonds. The molecule has 2 heterocycles. The SMILES string of the molecule is NCC#Cc1ccc(C(=O)Nc2nc3c(s2)CCCC3)s1. The maximum Gasteiger partial charge on any atom is 0.267 e. The molecule has 3 rings (SSSR count). The fraction of sp³-hybridized carbons (Fsp3) is 0.333. The van der Waals surface area contributed by atoms with E-state index < -0.39 is 0 Å². The second-order valence-corrected chi connectivity index (χ2v) is 6.89. The van der Waals surface area contributed by atoms with Crippen LogP contribution in [0.5, 0.6) is 0 Å². The normalized spacial score (nSPS) is 13.2. The number of aryl methyl sites for hydroxylation is 2. The van der Waals surface area contributed by atoms with Gasteiger partial charge in [0.2, 0.25) is 0 Å². The van der Waals surface area contributed by atoms with Crippen LogP contribution in [-0.4, -0.2) is 17.4 Å². The van der Waals surface area contributed by atoms with Crippen LogP contribution in [0, 0.1) is 11.8 Å². The number of amides is 1. The Morgan fingerprint density at radius 3 is 3.00 bits per heavy atom. The van der Waals surface area contributed by atoms with Crippen LogP contribution in [0.1, 0.15) is 38.0 Å². The molecule has 0 saturated heterocycles. The standard InChI is InChI=1S/C15H15N3OS2/c16-9-3-4-10-7-8-13(20-10)14(19)18-15-17-11-5-1-2-6-12(11)21-15/h7-8H,1-2,5-6,9,16H2,(H,17,18,19). The Kier molecular flexibility index (Phi) is 4.34. The van der Waals surface area contributed by atoms with Gasteiger partial charge in [0.25, 0.3) is 5.91 Å². The molecule has 3 N–H and O–H groups in total. The van der Waals surface area contributed by atoms with Crippen LogP contribution in [0.15, 0.2) is 12.1 Å². The second-order valence-electron chi connectivity index (χ2n) is 4.72. The number of thiophene rings is 1. The van der Waals surface area contributed by atoms with Gasteiger partial charge in [-0.2, -0.15) is 0 Å². The van der Waals surface area contributed by atoms with Crippen molar-refractivity contribution < 1.29 is 4.79 Å². The van der Waals surface area contributed by atoms with Crippen LogP contribution in [0.25, 0.3) is 0 Å². The Balaban J connectivity index is 1.71. The predicted octanol–water partition coefficient (Wildman–Crippen LogP) is 2.65. The van der Waals surface area contributed by atoms with Crippen LogP contribution < -0.4 is 11.1 Å². The summed E-state index contributed by atoms with van der Waals surface area (Å²) >= 11 is 2.97. The molecule has 0 aliphatic heterocycles. The number of rotatable bonds is 2. The predicted molar refractivity (Wildman–Crippen MR) is 87.0 cm³/mol. The summed E-state index contributed by atoms with van der Waals surface area (Å²) in [5.74, 6) is 5.60. The molecule has 6 heteroatoms. The van der Waals surface area contributed by atoms with Crippen molar-refractivity contribution in [2.24, 2.45) is 5.73 Å². The van der Waals surface area contributed by atoms with E-state index in [1.165, 1.54) is 29.1 Å². The van der Waals surface area contributed by atoms with E-state index in [-0.39, 0.29) is 5.91 Å². The van der Waals surface area contributed by atoms with Gasteiger partial charge in [-0.05, 0) is 37.8 Å². The number of hydrogen-bond donors (Lipinski definition) is 2. The molecule has 1 aliphatic carbocycles. The Bertz CT molecular complexity index is 697. The number of aromatic nitrogens is 1. The fourth-order valence-corrected chi connectivity index (χ4v) is 4.05. The van der Waals surface area contributed by atoms with Gasteiger partial charge >= 0.3 is 0 Å². The molecule has 0 atom stereocenters. The molecule has 0 spiro atoms. The van der Waals surface area contributed by atoms with Gasteiger partial charge in [0.1, 0.15) is 0 Å². The lowest BCUT2D eigenvalue weighted by atomic mass is 10.0. The third kappa shape index (κ3) is 3.32. The Labute approximate surface area is 131 Å². The van der Waals surface area contributed by atoms with Gasteiger partial charge in [-0.15, -0.1) is 22.7 Å². The third-order valence-electron chi connectivity index (χ3n) is 3.21. The van der Waals surface area contributed by atoms with Gasteiger partial charge in [-0.3, -0.25) is 10.1 Å².